The van der Waals surface area contributed by atoms with Crippen LogP contribution < -0.4 is 4.74 Å². The topological polar surface area (TPSA) is 26.3 Å². The molecule has 100 valence electrons. The SMILES string of the molecule is CC(=O)c1cc(OC(F)F)cc(C(F)(F)F)c1F. The first-order valence-corrected chi connectivity index (χ1v) is 4.49. The van der Waals surface area contributed by atoms with Gasteiger partial charge < -0.3 is 4.74 Å². The van der Waals surface area contributed by atoms with E-state index in [2.05, 4.69) is 4.74 Å². The van der Waals surface area contributed by atoms with Crippen molar-refractivity contribution in [2.75, 3.05) is 0 Å². The maximum absolute atomic E-state index is 13.4. The molecular weight excluding hydrogens is 266 g/mol. The second-order valence-corrected chi connectivity index (χ2v) is 3.26. The van der Waals surface area contributed by atoms with Crippen molar-refractivity contribution in [2.24, 2.45) is 0 Å². The standard InChI is InChI=1S/C10H6F6O2/c1-4(17)6-2-5(18-9(12)13)3-7(8(6)11)10(14,15)16/h2-3,9H,1H3. The van der Waals surface area contributed by atoms with E-state index in [-0.39, 0.29) is 6.07 Å². The van der Waals surface area contributed by atoms with Crippen LogP contribution in [0.4, 0.5) is 26.3 Å². The smallest absolute Gasteiger partial charge is 0.419 e. The fraction of sp³-hybridized carbons (Fsp3) is 0.300. The third-order valence-electron chi connectivity index (χ3n) is 1.96. The Morgan fingerprint density at radius 2 is 1.83 bits per heavy atom. The quantitative estimate of drug-likeness (QED) is 0.620. The number of Topliss-reactive ketones (excluding diaryl/α,β-unsaturated/α-hetero) is 1. The highest BCUT2D eigenvalue weighted by atomic mass is 19.4. The van der Waals surface area contributed by atoms with E-state index < -0.39 is 41.3 Å². The van der Waals surface area contributed by atoms with Crippen molar-refractivity contribution in [3.63, 3.8) is 0 Å². The molecule has 18 heavy (non-hydrogen) atoms. The molecule has 0 radical (unpaired) electrons. The van der Waals surface area contributed by atoms with Gasteiger partial charge in [-0.3, -0.25) is 4.79 Å². The fourth-order valence-corrected chi connectivity index (χ4v) is 1.23. The highest BCUT2D eigenvalue weighted by Gasteiger charge is 2.36. The van der Waals surface area contributed by atoms with E-state index in [0.29, 0.717) is 6.07 Å². The Labute approximate surface area is 97.2 Å². The molecule has 1 aromatic carbocycles. The molecule has 0 aliphatic rings. The molecule has 0 unspecified atom stereocenters. The van der Waals surface area contributed by atoms with Crippen LogP contribution in [0.15, 0.2) is 12.1 Å². The van der Waals surface area contributed by atoms with Gasteiger partial charge in [0, 0.05) is 0 Å². The van der Waals surface area contributed by atoms with Crippen LogP contribution in [-0.2, 0) is 6.18 Å². The highest BCUT2D eigenvalue weighted by Crippen LogP contribution is 2.35. The summed E-state index contributed by atoms with van der Waals surface area (Å²) in [6.07, 6.45) is -5.12. The second-order valence-electron chi connectivity index (χ2n) is 3.26. The molecule has 0 aliphatic heterocycles. The van der Waals surface area contributed by atoms with Crippen molar-refractivity contribution >= 4 is 5.78 Å². The number of ketones is 1. The molecule has 1 aromatic rings. The summed E-state index contributed by atoms with van der Waals surface area (Å²) in [7, 11) is 0. The van der Waals surface area contributed by atoms with E-state index in [0.717, 1.165) is 6.92 Å². The van der Waals surface area contributed by atoms with Crippen molar-refractivity contribution in [1.29, 1.82) is 0 Å². The van der Waals surface area contributed by atoms with Gasteiger partial charge in [-0.2, -0.15) is 22.0 Å². The summed E-state index contributed by atoms with van der Waals surface area (Å²) in [6.45, 7) is -2.57. The van der Waals surface area contributed by atoms with Crippen LogP contribution in [0.3, 0.4) is 0 Å². The van der Waals surface area contributed by atoms with Crippen molar-refractivity contribution in [2.45, 2.75) is 19.7 Å². The van der Waals surface area contributed by atoms with Gasteiger partial charge in [0.1, 0.15) is 11.6 Å². The lowest BCUT2D eigenvalue weighted by atomic mass is 10.1. The number of benzene rings is 1. The minimum atomic E-state index is -5.12. The Balaban J connectivity index is 3.42. The van der Waals surface area contributed by atoms with Crippen molar-refractivity contribution in [3.8, 4) is 5.75 Å². The van der Waals surface area contributed by atoms with E-state index in [9.17, 15) is 31.1 Å². The molecule has 0 saturated heterocycles. The minimum absolute atomic E-state index is 0.0773. The van der Waals surface area contributed by atoms with Crippen molar-refractivity contribution in [1.82, 2.24) is 0 Å². The lowest BCUT2D eigenvalue weighted by Crippen LogP contribution is -2.13. The number of ether oxygens (including phenoxy) is 1. The average molecular weight is 272 g/mol. The summed E-state index contributed by atoms with van der Waals surface area (Å²) in [4.78, 5) is 10.9. The average Bonchev–Trinajstić information content (AvgIpc) is 2.17. The first kappa shape index (κ1) is 14.3. The van der Waals surface area contributed by atoms with Gasteiger partial charge in [0.05, 0.1) is 11.1 Å². The normalized spacial score (nSPS) is 11.8. The molecule has 2 nitrogen and oxygen atoms in total. The third-order valence-corrected chi connectivity index (χ3v) is 1.96. The largest absolute Gasteiger partial charge is 0.435 e. The molecule has 0 spiro atoms. The summed E-state index contributed by atoms with van der Waals surface area (Å²) >= 11 is 0. The first-order valence-electron chi connectivity index (χ1n) is 4.49. The van der Waals surface area contributed by atoms with Gasteiger partial charge in [0.25, 0.3) is 0 Å². The number of rotatable bonds is 3. The zero-order valence-corrected chi connectivity index (χ0v) is 8.82. The van der Waals surface area contributed by atoms with Crippen LogP contribution in [-0.4, -0.2) is 12.4 Å². The maximum Gasteiger partial charge on any atom is 0.419 e. The Hall–Kier alpha value is -1.73. The lowest BCUT2D eigenvalue weighted by Gasteiger charge is -2.13. The summed E-state index contributed by atoms with van der Waals surface area (Å²) in [5.41, 5.74) is -2.79. The minimum Gasteiger partial charge on any atom is -0.435 e. The van der Waals surface area contributed by atoms with Crippen LogP contribution in [0.5, 0.6) is 5.75 Å². The van der Waals surface area contributed by atoms with Crippen LogP contribution in [0, 0.1) is 5.82 Å². The summed E-state index contributed by atoms with van der Waals surface area (Å²) in [5, 5.41) is 0. The number of carbonyl (C=O) groups excluding carboxylic acids is 1. The molecular formula is C10H6F6O2. The van der Waals surface area contributed by atoms with Gasteiger partial charge in [0.15, 0.2) is 5.78 Å². The molecule has 0 amide bonds. The number of hydrogen-bond acceptors (Lipinski definition) is 2. The summed E-state index contributed by atoms with van der Waals surface area (Å²) < 4.78 is 78.1. The molecule has 0 aromatic heterocycles. The van der Waals surface area contributed by atoms with Crippen molar-refractivity contribution in [3.05, 3.63) is 29.1 Å². The molecule has 1 rings (SSSR count). The number of halogens is 6. The van der Waals surface area contributed by atoms with Crippen LogP contribution >= 0.6 is 0 Å². The summed E-state index contributed by atoms with van der Waals surface area (Å²) in [5.74, 6) is -3.77. The molecule has 0 aliphatic carbocycles. The Morgan fingerprint density at radius 1 is 1.28 bits per heavy atom. The maximum atomic E-state index is 13.4. The van der Waals surface area contributed by atoms with E-state index in [4.69, 9.17) is 0 Å². The van der Waals surface area contributed by atoms with Crippen molar-refractivity contribution < 1.29 is 35.9 Å². The van der Waals surface area contributed by atoms with Crippen LogP contribution in [0.1, 0.15) is 22.8 Å². The molecule has 8 heteroatoms. The third kappa shape index (κ3) is 3.14. The zero-order valence-electron chi connectivity index (χ0n) is 8.82. The molecule has 0 bridgehead atoms. The van der Waals surface area contributed by atoms with E-state index in [1.807, 2.05) is 0 Å². The highest BCUT2D eigenvalue weighted by molar-refractivity contribution is 5.95. The fourth-order valence-electron chi connectivity index (χ4n) is 1.23. The zero-order chi connectivity index (χ0) is 14.1. The molecule has 0 saturated carbocycles. The van der Waals surface area contributed by atoms with Gasteiger partial charge in [0.2, 0.25) is 0 Å². The molecule has 0 atom stereocenters. The number of hydrogen-bond donors (Lipinski definition) is 0. The predicted molar refractivity (Wildman–Crippen MR) is 48.0 cm³/mol. The molecule has 0 heterocycles. The van der Waals surface area contributed by atoms with Gasteiger partial charge in [-0.1, -0.05) is 0 Å². The lowest BCUT2D eigenvalue weighted by molar-refractivity contribution is -0.140. The Morgan fingerprint density at radius 3 is 2.22 bits per heavy atom. The predicted octanol–water partition coefficient (Wildman–Crippen LogP) is 3.65. The van der Waals surface area contributed by atoms with E-state index >= 15 is 0 Å². The van der Waals surface area contributed by atoms with Crippen LogP contribution in [0.25, 0.3) is 0 Å². The van der Waals surface area contributed by atoms with E-state index in [1.54, 1.807) is 0 Å². The first-order chi connectivity index (χ1) is 8.12. The van der Waals surface area contributed by atoms with Gasteiger partial charge >= 0.3 is 12.8 Å². The molecule has 0 fully saturated rings. The van der Waals surface area contributed by atoms with Gasteiger partial charge in [-0.05, 0) is 19.1 Å². The Kier molecular flexibility index (Phi) is 3.88. The second kappa shape index (κ2) is 4.87. The summed E-state index contributed by atoms with van der Waals surface area (Å²) in [6, 6.07) is 0.576. The Bertz CT molecular complexity index is 466. The number of alkyl halides is 5. The molecule has 0 N–H and O–H groups in total. The monoisotopic (exact) mass is 272 g/mol. The van der Waals surface area contributed by atoms with E-state index in [1.165, 1.54) is 0 Å². The number of carbonyl (C=O) groups is 1. The van der Waals surface area contributed by atoms with Gasteiger partial charge in [-0.15, -0.1) is 0 Å². The van der Waals surface area contributed by atoms with Gasteiger partial charge in [-0.25, -0.2) is 4.39 Å². The van der Waals surface area contributed by atoms with Crippen LogP contribution in [0.2, 0.25) is 0 Å².